The Bertz CT molecular complexity index is 1080. The van der Waals surface area contributed by atoms with Crippen LogP contribution in [0.1, 0.15) is 30.4 Å². The molecule has 1 fully saturated rings. The maximum absolute atomic E-state index is 13.3. The molecule has 1 aromatic heterocycles. The van der Waals surface area contributed by atoms with Crippen molar-refractivity contribution in [1.29, 1.82) is 0 Å². The van der Waals surface area contributed by atoms with Gasteiger partial charge in [0, 0.05) is 25.2 Å². The summed E-state index contributed by atoms with van der Waals surface area (Å²) in [6.45, 7) is 1.12. The number of para-hydroxylation sites is 1. The van der Waals surface area contributed by atoms with Crippen LogP contribution in [0.4, 0.5) is 5.69 Å². The van der Waals surface area contributed by atoms with Gasteiger partial charge in [-0.05, 0) is 36.5 Å². The molecular weight excluding hydrogens is 390 g/mol. The largest absolute Gasteiger partial charge is 0.338 e. The normalized spacial score (nSPS) is 22.0. The van der Waals surface area contributed by atoms with Gasteiger partial charge < -0.3 is 14.8 Å². The van der Waals surface area contributed by atoms with E-state index >= 15 is 0 Å². The predicted molar refractivity (Wildman–Crippen MR) is 116 cm³/mol. The van der Waals surface area contributed by atoms with Gasteiger partial charge in [0.25, 0.3) is 0 Å². The SMILES string of the molecule is O=C(CCn1cnnc1)N1CC[C@]2(C(=O)Nc3ccccc32)[C@@H]1CCc1ccccc1. The lowest BCUT2D eigenvalue weighted by atomic mass is 9.73. The zero-order valence-corrected chi connectivity index (χ0v) is 17.3. The molecule has 0 aliphatic carbocycles. The lowest BCUT2D eigenvalue weighted by Gasteiger charge is -2.34. The molecule has 7 nitrogen and oxygen atoms in total. The van der Waals surface area contributed by atoms with Gasteiger partial charge in [-0.25, -0.2) is 0 Å². The number of nitrogens with one attached hydrogen (secondary N) is 1. The van der Waals surface area contributed by atoms with E-state index < -0.39 is 5.41 Å². The lowest BCUT2D eigenvalue weighted by molar-refractivity contribution is -0.133. The number of benzene rings is 2. The van der Waals surface area contributed by atoms with Gasteiger partial charge in [0.2, 0.25) is 11.8 Å². The summed E-state index contributed by atoms with van der Waals surface area (Å²) in [6, 6.07) is 18.0. The number of carbonyl (C=O) groups is 2. The summed E-state index contributed by atoms with van der Waals surface area (Å²) in [4.78, 5) is 28.5. The molecule has 31 heavy (non-hydrogen) atoms. The molecular formula is C24H25N5O2. The molecule has 0 saturated carbocycles. The maximum Gasteiger partial charge on any atom is 0.237 e. The van der Waals surface area contributed by atoms with E-state index in [2.05, 4.69) is 27.6 Å². The van der Waals surface area contributed by atoms with E-state index in [1.165, 1.54) is 5.56 Å². The van der Waals surface area contributed by atoms with Crippen molar-refractivity contribution in [3.05, 3.63) is 78.4 Å². The molecule has 2 aromatic carbocycles. The van der Waals surface area contributed by atoms with Gasteiger partial charge in [-0.1, -0.05) is 48.5 Å². The van der Waals surface area contributed by atoms with Crippen molar-refractivity contribution in [3.8, 4) is 0 Å². The maximum atomic E-state index is 13.3. The second-order valence-electron chi connectivity index (χ2n) is 8.30. The number of aryl methyl sites for hydroxylation is 2. The second-order valence-corrected chi connectivity index (χ2v) is 8.30. The first-order valence-corrected chi connectivity index (χ1v) is 10.8. The summed E-state index contributed by atoms with van der Waals surface area (Å²) >= 11 is 0. The Morgan fingerprint density at radius 2 is 1.81 bits per heavy atom. The van der Waals surface area contributed by atoms with Crippen LogP contribution in [0.3, 0.4) is 0 Å². The zero-order valence-electron chi connectivity index (χ0n) is 17.3. The van der Waals surface area contributed by atoms with Crippen LogP contribution in [-0.2, 0) is 28.0 Å². The Hall–Kier alpha value is -3.48. The number of aromatic nitrogens is 3. The van der Waals surface area contributed by atoms with E-state index in [9.17, 15) is 9.59 Å². The summed E-state index contributed by atoms with van der Waals surface area (Å²) < 4.78 is 1.81. The molecule has 2 aliphatic rings. The highest BCUT2D eigenvalue weighted by atomic mass is 16.2. The van der Waals surface area contributed by atoms with Crippen LogP contribution in [0.15, 0.2) is 67.3 Å². The minimum atomic E-state index is -0.683. The van der Waals surface area contributed by atoms with E-state index in [1.807, 2.05) is 47.4 Å². The van der Waals surface area contributed by atoms with Crippen LogP contribution in [0, 0.1) is 0 Å². The third kappa shape index (κ3) is 3.40. The average molecular weight is 415 g/mol. The second kappa shape index (κ2) is 7.98. The van der Waals surface area contributed by atoms with Gasteiger partial charge in [-0.15, -0.1) is 10.2 Å². The van der Waals surface area contributed by atoms with E-state index in [4.69, 9.17) is 0 Å². The van der Waals surface area contributed by atoms with E-state index in [0.29, 0.717) is 25.9 Å². The highest BCUT2D eigenvalue weighted by molar-refractivity contribution is 6.07. The topological polar surface area (TPSA) is 80.1 Å². The van der Waals surface area contributed by atoms with Gasteiger partial charge in [0.05, 0.1) is 11.5 Å². The number of carbonyl (C=O) groups excluding carboxylic acids is 2. The Morgan fingerprint density at radius 1 is 1.06 bits per heavy atom. The fourth-order valence-corrected chi connectivity index (χ4v) is 5.16. The number of hydrogen-bond donors (Lipinski definition) is 1. The van der Waals surface area contributed by atoms with E-state index in [-0.39, 0.29) is 17.9 Å². The molecule has 0 bridgehead atoms. The molecule has 2 aliphatic heterocycles. The highest BCUT2D eigenvalue weighted by Gasteiger charge is 2.58. The van der Waals surface area contributed by atoms with E-state index in [0.717, 1.165) is 24.1 Å². The summed E-state index contributed by atoms with van der Waals surface area (Å²) in [6.07, 6.45) is 5.80. The predicted octanol–water partition coefficient (Wildman–Crippen LogP) is 2.79. The average Bonchev–Trinajstić information content (AvgIpc) is 3.51. The smallest absolute Gasteiger partial charge is 0.237 e. The molecule has 7 heteroatoms. The van der Waals surface area contributed by atoms with Gasteiger partial charge in [-0.3, -0.25) is 9.59 Å². The fourth-order valence-electron chi connectivity index (χ4n) is 5.16. The van der Waals surface area contributed by atoms with Crippen molar-refractivity contribution in [2.45, 2.75) is 43.7 Å². The van der Waals surface area contributed by atoms with Crippen LogP contribution in [0.2, 0.25) is 0 Å². The third-order valence-electron chi connectivity index (χ3n) is 6.67. The van der Waals surface area contributed by atoms with Gasteiger partial charge in [0.1, 0.15) is 12.7 Å². The summed E-state index contributed by atoms with van der Waals surface area (Å²) in [5.74, 6) is 0.0849. The molecule has 5 rings (SSSR count). The Labute approximate surface area is 181 Å². The molecule has 1 spiro atoms. The Kier molecular flexibility index (Phi) is 5.02. The number of likely N-dealkylation sites (tertiary alicyclic amines) is 1. The van der Waals surface area contributed by atoms with Crippen LogP contribution < -0.4 is 5.32 Å². The quantitative estimate of drug-likeness (QED) is 0.671. The first kappa shape index (κ1) is 19.5. The van der Waals surface area contributed by atoms with Gasteiger partial charge >= 0.3 is 0 Å². The van der Waals surface area contributed by atoms with Crippen LogP contribution in [0.25, 0.3) is 0 Å². The van der Waals surface area contributed by atoms with Gasteiger partial charge in [-0.2, -0.15) is 0 Å². The van der Waals surface area contributed by atoms with Crippen molar-refractivity contribution in [2.75, 3.05) is 11.9 Å². The molecule has 2 atom stereocenters. The number of nitrogens with zero attached hydrogens (tertiary/aromatic N) is 4. The first-order chi connectivity index (χ1) is 15.2. The molecule has 0 radical (unpaired) electrons. The number of anilines is 1. The number of fused-ring (bicyclic) bond motifs is 2. The first-order valence-electron chi connectivity index (χ1n) is 10.8. The van der Waals surface area contributed by atoms with E-state index in [1.54, 1.807) is 17.2 Å². The van der Waals surface area contributed by atoms with Crippen molar-refractivity contribution in [1.82, 2.24) is 19.7 Å². The third-order valence-corrected chi connectivity index (χ3v) is 6.67. The molecule has 3 aromatic rings. The van der Waals surface area contributed by atoms with Crippen molar-refractivity contribution < 1.29 is 9.59 Å². The van der Waals surface area contributed by atoms with Crippen molar-refractivity contribution in [2.24, 2.45) is 0 Å². The molecule has 1 saturated heterocycles. The minimum Gasteiger partial charge on any atom is -0.338 e. The number of amides is 2. The molecule has 3 heterocycles. The monoisotopic (exact) mass is 415 g/mol. The summed E-state index contributed by atoms with van der Waals surface area (Å²) in [7, 11) is 0. The molecule has 1 N–H and O–H groups in total. The summed E-state index contributed by atoms with van der Waals surface area (Å²) in [5.41, 5.74) is 2.42. The van der Waals surface area contributed by atoms with Crippen molar-refractivity contribution in [3.63, 3.8) is 0 Å². The van der Waals surface area contributed by atoms with Crippen LogP contribution in [0.5, 0.6) is 0 Å². The lowest BCUT2D eigenvalue weighted by Crippen LogP contribution is -2.49. The Balaban J connectivity index is 1.44. The number of rotatable bonds is 6. The minimum absolute atomic E-state index is 0.0147. The zero-order chi connectivity index (χ0) is 21.3. The fraction of sp³-hybridized carbons (Fsp3) is 0.333. The molecule has 2 amide bonds. The van der Waals surface area contributed by atoms with Crippen molar-refractivity contribution >= 4 is 17.5 Å². The highest BCUT2D eigenvalue weighted by Crippen LogP contribution is 2.49. The van der Waals surface area contributed by atoms with Crippen LogP contribution >= 0.6 is 0 Å². The number of hydrogen-bond acceptors (Lipinski definition) is 4. The van der Waals surface area contributed by atoms with Gasteiger partial charge in [0.15, 0.2) is 0 Å². The molecule has 0 unspecified atom stereocenters. The standard InChI is InChI=1S/C24H25N5O2/c30-22(12-14-28-16-25-26-17-28)29-15-13-24(19-8-4-5-9-20(19)27-23(24)31)21(29)11-10-18-6-2-1-3-7-18/h1-9,16-17,21H,10-15H2,(H,27,31)/t21-,24+/m0/s1. The summed E-state index contributed by atoms with van der Waals surface area (Å²) in [5, 5.41) is 10.7. The molecule has 158 valence electrons. The Morgan fingerprint density at radius 3 is 2.61 bits per heavy atom. The van der Waals surface area contributed by atoms with Crippen LogP contribution in [-0.4, -0.2) is 44.1 Å².